The average Bonchev–Trinajstić information content (AvgIpc) is 2.69. The Morgan fingerprint density at radius 1 is 0.667 bits per heavy atom. The van der Waals surface area contributed by atoms with Crippen molar-refractivity contribution in [1.29, 1.82) is 0 Å². The van der Waals surface area contributed by atoms with E-state index in [1.807, 2.05) is 88.4 Å². The van der Waals surface area contributed by atoms with Gasteiger partial charge in [-0.3, -0.25) is 9.59 Å². The molecule has 30 heavy (non-hydrogen) atoms. The monoisotopic (exact) mass is 408 g/mol. The normalized spacial score (nSPS) is 15.3. The fourth-order valence-electron chi connectivity index (χ4n) is 3.38. The van der Waals surface area contributed by atoms with Crippen molar-refractivity contribution >= 4 is 11.9 Å². The Kier molecular flexibility index (Phi) is 8.40. The van der Waals surface area contributed by atoms with Crippen LogP contribution < -0.4 is 0 Å². The fraction of sp³-hybridized carbons (Fsp3) is 0.385. The number of benzene rings is 2. The second kappa shape index (κ2) is 10.8. The highest BCUT2D eigenvalue weighted by Crippen LogP contribution is 2.31. The van der Waals surface area contributed by atoms with Crippen LogP contribution in [0, 0.1) is 25.7 Å². The van der Waals surface area contributed by atoms with Crippen LogP contribution in [0.3, 0.4) is 0 Å². The van der Waals surface area contributed by atoms with Gasteiger partial charge in [-0.2, -0.15) is 0 Å². The lowest BCUT2D eigenvalue weighted by Crippen LogP contribution is -2.17. The molecule has 0 N–H and O–H groups in total. The highest BCUT2D eigenvalue weighted by atomic mass is 16.5. The van der Waals surface area contributed by atoms with Gasteiger partial charge in [-0.15, -0.1) is 0 Å². The maximum absolute atomic E-state index is 11.7. The summed E-state index contributed by atoms with van der Waals surface area (Å²) in [4.78, 5) is 23.4. The highest BCUT2D eigenvalue weighted by Gasteiger charge is 2.23. The van der Waals surface area contributed by atoms with E-state index in [1.54, 1.807) is 0 Å². The first kappa shape index (κ1) is 23.4. The van der Waals surface area contributed by atoms with Crippen LogP contribution in [0.5, 0.6) is 0 Å². The van der Waals surface area contributed by atoms with E-state index in [0.29, 0.717) is 0 Å². The molecule has 0 radical (unpaired) electrons. The van der Waals surface area contributed by atoms with Crippen LogP contribution in [0.4, 0.5) is 0 Å². The second-order valence-electron chi connectivity index (χ2n) is 7.98. The molecule has 0 bridgehead atoms. The van der Waals surface area contributed by atoms with Crippen molar-refractivity contribution in [1.82, 2.24) is 0 Å². The zero-order chi connectivity index (χ0) is 22.3. The molecule has 2 aromatic rings. The molecule has 2 aromatic carbocycles. The maximum atomic E-state index is 11.7. The fourth-order valence-corrected chi connectivity index (χ4v) is 3.38. The third-order valence-electron chi connectivity index (χ3n) is 5.07. The number of ether oxygens (including phenoxy) is 2. The Balaban J connectivity index is 2.22. The van der Waals surface area contributed by atoms with E-state index in [1.165, 1.54) is 13.8 Å². The predicted molar refractivity (Wildman–Crippen MR) is 119 cm³/mol. The van der Waals surface area contributed by atoms with Crippen molar-refractivity contribution in [3.8, 4) is 0 Å². The van der Waals surface area contributed by atoms with Crippen molar-refractivity contribution in [3.63, 3.8) is 0 Å². The van der Waals surface area contributed by atoms with E-state index >= 15 is 0 Å². The van der Waals surface area contributed by atoms with E-state index in [2.05, 4.69) is 0 Å². The molecule has 4 nitrogen and oxygen atoms in total. The molecule has 2 rings (SSSR count). The molecule has 4 unspecified atom stereocenters. The molecule has 0 aliphatic carbocycles. The number of aryl methyl sites for hydroxylation is 2. The van der Waals surface area contributed by atoms with Crippen LogP contribution in [0.1, 0.15) is 62.2 Å². The summed E-state index contributed by atoms with van der Waals surface area (Å²) in [7, 11) is 0. The van der Waals surface area contributed by atoms with E-state index in [4.69, 9.17) is 9.47 Å². The molecule has 0 spiro atoms. The third-order valence-corrected chi connectivity index (χ3v) is 5.07. The molecule has 0 fully saturated rings. The summed E-state index contributed by atoms with van der Waals surface area (Å²) < 4.78 is 11.2. The lowest BCUT2D eigenvalue weighted by molar-refractivity contribution is -0.149. The first-order valence-electron chi connectivity index (χ1n) is 10.3. The zero-order valence-electron chi connectivity index (χ0n) is 18.7. The standard InChI is InChI=1S/C26H32O4/c1-17-7-13-23(14-8-17)25(29-21(5)27)19(3)11-12-20(4)26(30-22(6)28)24-15-9-18(2)10-16-24/h7-16,19-20,25-26H,1-6H3/b12-11+. The van der Waals surface area contributed by atoms with Crippen LogP contribution in [0.25, 0.3) is 0 Å². The quantitative estimate of drug-likeness (QED) is 0.395. The summed E-state index contributed by atoms with van der Waals surface area (Å²) >= 11 is 0. The van der Waals surface area contributed by atoms with Crippen LogP contribution in [0.15, 0.2) is 60.7 Å². The topological polar surface area (TPSA) is 52.6 Å². The van der Waals surface area contributed by atoms with Gasteiger partial charge in [0, 0.05) is 25.7 Å². The van der Waals surface area contributed by atoms with Gasteiger partial charge in [-0.25, -0.2) is 0 Å². The van der Waals surface area contributed by atoms with Gasteiger partial charge in [0.05, 0.1) is 0 Å². The van der Waals surface area contributed by atoms with E-state index in [-0.39, 0.29) is 36.0 Å². The van der Waals surface area contributed by atoms with Crippen molar-refractivity contribution in [3.05, 3.63) is 82.9 Å². The molecule has 0 amide bonds. The van der Waals surface area contributed by atoms with E-state index in [0.717, 1.165) is 22.3 Å². The number of carbonyl (C=O) groups excluding carboxylic acids is 2. The zero-order valence-corrected chi connectivity index (χ0v) is 18.7. The number of hydrogen-bond donors (Lipinski definition) is 0. The average molecular weight is 409 g/mol. The van der Waals surface area contributed by atoms with Gasteiger partial charge in [0.2, 0.25) is 0 Å². The molecule has 160 valence electrons. The van der Waals surface area contributed by atoms with Crippen LogP contribution in [-0.4, -0.2) is 11.9 Å². The van der Waals surface area contributed by atoms with E-state index in [9.17, 15) is 9.59 Å². The Morgan fingerprint density at radius 2 is 0.967 bits per heavy atom. The van der Waals surface area contributed by atoms with Crippen LogP contribution in [0.2, 0.25) is 0 Å². The van der Waals surface area contributed by atoms with Crippen LogP contribution in [-0.2, 0) is 19.1 Å². The Hall–Kier alpha value is -2.88. The summed E-state index contributed by atoms with van der Waals surface area (Å²) in [5.41, 5.74) is 4.21. The molecule has 4 heteroatoms. The van der Waals surface area contributed by atoms with Crippen LogP contribution >= 0.6 is 0 Å². The van der Waals surface area contributed by atoms with Gasteiger partial charge < -0.3 is 9.47 Å². The van der Waals surface area contributed by atoms with Gasteiger partial charge in [0.15, 0.2) is 0 Å². The summed E-state index contributed by atoms with van der Waals surface area (Å²) in [5, 5.41) is 0. The van der Waals surface area contributed by atoms with Crippen molar-refractivity contribution in [2.75, 3.05) is 0 Å². The maximum Gasteiger partial charge on any atom is 0.303 e. The second-order valence-corrected chi connectivity index (χ2v) is 7.98. The Labute approximate surface area is 179 Å². The number of carbonyl (C=O) groups is 2. The number of rotatable bonds is 8. The van der Waals surface area contributed by atoms with Crippen molar-refractivity contribution in [2.24, 2.45) is 11.8 Å². The summed E-state index contributed by atoms with van der Waals surface area (Å²) in [6.45, 7) is 10.9. The van der Waals surface area contributed by atoms with Crippen molar-refractivity contribution in [2.45, 2.75) is 53.8 Å². The lowest BCUT2D eigenvalue weighted by Gasteiger charge is -2.24. The minimum Gasteiger partial charge on any atom is -0.457 e. The minimum absolute atomic E-state index is 0.0462. The molecule has 4 atom stereocenters. The summed E-state index contributed by atoms with van der Waals surface area (Å²) in [5.74, 6) is -0.720. The summed E-state index contributed by atoms with van der Waals surface area (Å²) in [6, 6.07) is 16.0. The van der Waals surface area contributed by atoms with Gasteiger partial charge >= 0.3 is 11.9 Å². The number of hydrogen-bond acceptors (Lipinski definition) is 4. The number of esters is 2. The molecule has 0 aromatic heterocycles. The summed E-state index contributed by atoms with van der Waals surface area (Å²) in [6.07, 6.45) is 3.31. The molecule has 0 heterocycles. The molecule has 0 aliphatic heterocycles. The molecule has 0 aliphatic rings. The largest absolute Gasteiger partial charge is 0.457 e. The SMILES string of the molecule is CC(=O)OC(c1ccc(C)cc1)C(C)/C=C/C(C)C(OC(C)=O)c1ccc(C)cc1. The molecular formula is C26H32O4. The van der Waals surface area contributed by atoms with E-state index < -0.39 is 0 Å². The van der Waals surface area contributed by atoms with Gasteiger partial charge in [0.1, 0.15) is 12.2 Å². The molecular weight excluding hydrogens is 376 g/mol. The minimum atomic E-state index is -0.377. The predicted octanol–water partition coefficient (Wildman–Crippen LogP) is 6.04. The van der Waals surface area contributed by atoms with Gasteiger partial charge in [-0.05, 0) is 25.0 Å². The lowest BCUT2D eigenvalue weighted by atomic mass is 9.92. The highest BCUT2D eigenvalue weighted by molar-refractivity contribution is 5.66. The Morgan fingerprint density at radius 3 is 1.23 bits per heavy atom. The first-order valence-corrected chi connectivity index (χ1v) is 10.3. The Bertz CT molecular complexity index is 791. The smallest absolute Gasteiger partial charge is 0.303 e. The first-order chi connectivity index (χ1) is 14.2. The molecule has 0 saturated carbocycles. The third kappa shape index (κ3) is 6.87. The van der Waals surface area contributed by atoms with Crippen molar-refractivity contribution < 1.29 is 19.1 Å². The van der Waals surface area contributed by atoms with Gasteiger partial charge in [-0.1, -0.05) is 85.7 Å². The van der Waals surface area contributed by atoms with Gasteiger partial charge in [0.25, 0.3) is 0 Å². The molecule has 0 saturated heterocycles.